The molecule has 4 nitrogen and oxygen atoms in total. The average molecular weight is 222 g/mol. The van der Waals surface area contributed by atoms with Crippen LogP contribution >= 0.6 is 24.4 Å². The molecule has 0 heterocycles. The first-order valence-electron chi connectivity index (χ1n) is 4.01. The largest absolute Gasteiger partial charge is 0.376 e. The van der Waals surface area contributed by atoms with Gasteiger partial charge in [-0.05, 0) is 38.3 Å². The first kappa shape index (κ1) is 14.9. The van der Waals surface area contributed by atoms with Gasteiger partial charge >= 0.3 is 0 Å². The van der Waals surface area contributed by atoms with E-state index >= 15 is 0 Å². The van der Waals surface area contributed by atoms with Crippen molar-refractivity contribution in [2.45, 2.75) is 13.8 Å². The highest BCUT2D eigenvalue weighted by molar-refractivity contribution is 7.80. The third-order valence-electron chi connectivity index (χ3n) is 1.32. The van der Waals surface area contributed by atoms with E-state index in [1.807, 2.05) is 18.7 Å². The van der Waals surface area contributed by atoms with Gasteiger partial charge < -0.3 is 21.7 Å². The van der Waals surface area contributed by atoms with Crippen LogP contribution in [0.25, 0.3) is 0 Å². The molecule has 0 amide bonds. The van der Waals surface area contributed by atoms with Gasteiger partial charge in [0.1, 0.15) is 0 Å². The molecule has 0 radical (unpaired) electrons. The van der Waals surface area contributed by atoms with E-state index in [4.69, 9.17) is 23.7 Å². The first-order valence-corrected chi connectivity index (χ1v) is 4.82. The highest BCUT2D eigenvalue weighted by Crippen LogP contribution is 1.83. The molecule has 78 valence electrons. The van der Waals surface area contributed by atoms with Gasteiger partial charge in [0.15, 0.2) is 10.2 Å². The molecule has 0 saturated carbocycles. The number of nitrogens with one attached hydrogen (secondary N) is 1. The van der Waals surface area contributed by atoms with Crippen molar-refractivity contribution in [2.24, 2.45) is 11.5 Å². The lowest BCUT2D eigenvalue weighted by Crippen LogP contribution is -2.34. The quantitative estimate of drug-likeness (QED) is 0.573. The van der Waals surface area contributed by atoms with Crippen LogP contribution in [0, 0.1) is 0 Å². The second kappa shape index (κ2) is 9.47. The Hall–Kier alpha value is -0.620. The third-order valence-corrected chi connectivity index (χ3v) is 1.78. The Bertz CT molecular complexity index is 157. The molecule has 0 spiro atoms. The van der Waals surface area contributed by atoms with Crippen LogP contribution < -0.4 is 16.8 Å². The molecular formula is C7H18N4S2. The summed E-state index contributed by atoms with van der Waals surface area (Å²) in [5.74, 6) is 0. The monoisotopic (exact) mass is 222 g/mol. The summed E-state index contributed by atoms with van der Waals surface area (Å²) >= 11 is 9.08. The topological polar surface area (TPSA) is 67.3 Å². The minimum atomic E-state index is 0.338. The van der Waals surface area contributed by atoms with Crippen LogP contribution in [0.1, 0.15) is 13.8 Å². The Morgan fingerprint density at radius 2 is 1.54 bits per heavy atom. The van der Waals surface area contributed by atoms with Gasteiger partial charge in [0.2, 0.25) is 0 Å². The highest BCUT2D eigenvalue weighted by Gasteiger charge is 1.95. The van der Waals surface area contributed by atoms with E-state index in [-0.39, 0.29) is 0 Å². The van der Waals surface area contributed by atoms with Gasteiger partial charge in [-0.3, -0.25) is 0 Å². The summed E-state index contributed by atoms with van der Waals surface area (Å²) in [6, 6.07) is 0. The maximum Gasteiger partial charge on any atom is 0.166 e. The Labute approximate surface area is 90.6 Å². The summed E-state index contributed by atoms with van der Waals surface area (Å²) in [6.45, 7) is 5.88. The fourth-order valence-corrected chi connectivity index (χ4v) is 0.793. The molecule has 0 unspecified atom stereocenters. The maximum atomic E-state index is 5.32. The van der Waals surface area contributed by atoms with Crippen molar-refractivity contribution in [2.75, 3.05) is 20.1 Å². The molecule has 13 heavy (non-hydrogen) atoms. The molecule has 0 aliphatic rings. The lowest BCUT2D eigenvalue weighted by atomic mass is 10.6. The van der Waals surface area contributed by atoms with Gasteiger partial charge in [-0.2, -0.15) is 0 Å². The second-order valence-corrected chi connectivity index (χ2v) is 2.98. The van der Waals surface area contributed by atoms with Gasteiger partial charge in [-0.1, -0.05) is 0 Å². The van der Waals surface area contributed by atoms with Crippen molar-refractivity contribution in [3.05, 3.63) is 0 Å². The smallest absolute Gasteiger partial charge is 0.166 e. The summed E-state index contributed by atoms with van der Waals surface area (Å²) in [5.41, 5.74) is 10.2. The first-order chi connectivity index (χ1) is 5.99. The van der Waals surface area contributed by atoms with Gasteiger partial charge in [0.25, 0.3) is 0 Å². The Morgan fingerprint density at radius 3 is 1.54 bits per heavy atom. The van der Waals surface area contributed by atoms with Crippen molar-refractivity contribution in [1.82, 2.24) is 10.2 Å². The number of rotatable bonds is 2. The van der Waals surface area contributed by atoms with E-state index in [1.165, 1.54) is 0 Å². The molecule has 5 N–H and O–H groups in total. The summed E-state index contributed by atoms with van der Waals surface area (Å²) in [4.78, 5) is 1.93. The van der Waals surface area contributed by atoms with Crippen molar-refractivity contribution in [1.29, 1.82) is 0 Å². The van der Waals surface area contributed by atoms with Gasteiger partial charge in [0, 0.05) is 20.1 Å². The van der Waals surface area contributed by atoms with Gasteiger partial charge in [-0.25, -0.2) is 0 Å². The van der Waals surface area contributed by atoms with E-state index in [0.717, 1.165) is 13.1 Å². The van der Waals surface area contributed by atoms with Crippen LogP contribution in [0.4, 0.5) is 0 Å². The zero-order valence-corrected chi connectivity index (χ0v) is 9.97. The lowest BCUT2D eigenvalue weighted by molar-refractivity contribution is 0.469. The van der Waals surface area contributed by atoms with Crippen LogP contribution in [0.15, 0.2) is 0 Å². The molecule has 0 fully saturated rings. The molecule has 0 bridgehead atoms. The number of hydrogen-bond acceptors (Lipinski definition) is 2. The fraction of sp³-hybridized carbons (Fsp3) is 0.714. The van der Waals surface area contributed by atoms with E-state index in [2.05, 4.69) is 17.5 Å². The van der Waals surface area contributed by atoms with E-state index in [0.29, 0.717) is 10.2 Å². The van der Waals surface area contributed by atoms with Crippen molar-refractivity contribution < 1.29 is 0 Å². The predicted octanol–water partition coefficient (Wildman–Crippen LogP) is 0.0212. The maximum absolute atomic E-state index is 5.32. The lowest BCUT2D eigenvalue weighted by Gasteiger charge is -2.17. The zero-order chi connectivity index (χ0) is 10.9. The van der Waals surface area contributed by atoms with Gasteiger partial charge in [0.05, 0.1) is 0 Å². The molecular weight excluding hydrogens is 204 g/mol. The molecule has 0 aliphatic carbocycles. The van der Waals surface area contributed by atoms with Gasteiger partial charge in [-0.15, -0.1) is 0 Å². The van der Waals surface area contributed by atoms with Crippen LogP contribution in [0.2, 0.25) is 0 Å². The van der Waals surface area contributed by atoms with Crippen LogP contribution in [0.3, 0.4) is 0 Å². The van der Waals surface area contributed by atoms with Crippen LogP contribution in [0.5, 0.6) is 0 Å². The molecule has 6 heteroatoms. The molecule has 0 saturated heterocycles. The highest BCUT2D eigenvalue weighted by atomic mass is 32.1. The number of thiocarbonyl (C=S) groups is 2. The minimum absolute atomic E-state index is 0.338. The van der Waals surface area contributed by atoms with Crippen molar-refractivity contribution in [3.63, 3.8) is 0 Å². The Balaban J connectivity index is 0. The second-order valence-electron chi connectivity index (χ2n) is 2.12. The SMILES string of the molecule is CCN(CC)C(N)=S.CNC(N)=S. The molecule has 0 aromatic heterocycles. The van der Waals surface area contributed by atoms with Crippen LogP contribution in [-0.4, -0.2) is 35.3 Å². The summed E-state index contributed by atoms with van der Waals surface area (Å²) in [7, 11) is 1.68. The third kappa shape index (κ3) is 11.4. The van der Waals surface area contributed by atoms with Crippen molar-refractivity contribution in [3.8, 4) is 0 Å². The summed E-state index contributed by atoms with van der Waals surface area (Å²) in [5, 5.41) is 3.37. The van der Waals surface area contributed by atoms with E-state index < -0.39 is 0 Å². The number of hydrogen-bond donors (Lipinski definition) is 3. The Kier molecular flexibility index (Phi) is 10.8. The average Bonchev–Trinajstić information content (AvgIpc) is 2.07. The van der Waals surface area contributed by atoms with E-state index in [1.54, 1.807) is 7.05 Å². The predicted molar refractivity (Wildman–Crippen MR) is 65.6 cm³/mol. The molecule has 0 aromatic carbocycles. The molecule has 0 atom stereocenters. The van der Waals surface area contributed by atoms with Crippen molar-refractivity contribution >= 4 is 34.7 Å². The Morgan fingerprint density at radius 1 is 1.23 bits per heavy atom. The summed E-state index contributed by atoms with van der Waals surface area (Å²) < 4.78 is 0. The number of nitrogens with two attached hydrogens (primary N) is 2. The normalized spacial score (nSPS) is 7.92. The zero-order valence-electron chi connectivity index (χ0n) is 8.33. The fourth-order valence-electron chi connectivity index (χ4n) is 0.535. The molecule has 0 rings (SSSR count). The molecule has 0 aromatic rings. The van der Waals surface area contributed by atoms with E-state index in [9.17, 15) is 0 Å². The summed E-state index contributed by atoms with van der Waals surface area (Å²) in [6.07, 6.45) is 0. The minimum Gasteiger partial charge on any atom is -0.376 e. The standard InChI is InChI=1S/C5H12N2S.C2H6N2S/c1-3-7(4-2)5(6)8;1-4-2(3)5/h3-4H2,1-2H3,(H2,6,8);1H3,(H3,3,4,5). The van der Waals surface area contributed by atoms with Crippen LogP contribution in [-0.2, 0) is 0 Å². The molecule has 0 aliphatic heterocycles. The number of nitrogens with zero attached hydrogens (tertiary/aromatic N) is 1.